The molecule has 0 fully saturated rings. The predicted octanol–water partition coefficient (Wildman–Crippen LogP) is 16.2. The van der Waals surface area contributed by atoms with Gasteiger partial charge in [0.2, 0.25) is 0 Å². The van der Waals surface area contributed by atoms with Gasteiger partial charge in [-0.2, -0.15) is 0 Å². The molecule has 0 spiro atoms. The fraction of sp³-hybridized carbons (Fsp3) is 0.0270. The molecule has 0 bridgehead atoms. The van der Waals surface area contributed by atoms with Crippen LogP contribution in [0.1, 0.15) is 44.5 Å². The number of para-hydroxylation sites is 2. The van der Waals surface area contributed by atoms with E-state index in [1.807, 2.05) is 0 Å². The van der Waals surface area contributed by atoms with Crippen molar-refractivity contribution >= 4 is 57.2 Å². The Bertz CT molecular complexity index is 3570. The van der Waals surface area contributed by atoms with Crippen LogP contribution in [0.2, 0.25) is 0 Å². The number of hydrogen-bond acceptors (Lipinski definition) is 2. The fourth-order valence-corrected chi connectivity index (χ4v) is 13.1. The third-order valence-electron chi connectivity index (χ3n) is 16.3. The summed E-state index contributed by atoms with van der Waals surface area (Å²) in [6.45, 7) is -0.00736. The Labute approximate surface area is 452 Å². The third-order valence-corrected chi connectivity index (χ3v) is 16.3. The second-order valence-corrected chi connectivity index (χ2v) is 20.3. The summed E-state index contributed by atoms with van der Waals surface area (Å²) < 4.78 is 0. The summed E-state index contributed by atoms with van der Waals surface area (Å²) in [5, 5.41) is 0. The molecule has 12 aromatic rings. The van der Waals surface area contributed by atoms with Crippen molar-refractivity contribution in [2.24, 2.45) is 0 Å². The number of rotatable bonds is 11. The average molecular weight is 981 g/mol. The van der Waals surface area contributed by atoms with Gasteiger partial charge in [0.25, 0.3) is 6.71 Å². The van der Waals surface area contributed by atoms with Gasteiger partial charge in [-0.05, 0) is 121 Å². The van der Waals surface area contributed by atoms with Gasteiger partial charge in [-0.25, -0.2) is 0 Å². The largest absolute Gasteiger partial charge is 0.311 e. The first-order valence-corrected chi connectivity index (χ1v) is 26.8. The molecule has 0 aliphatic carbocycles. The summed E-state index contributed by atoms with van der Waals surface area (Å²) >= 11 is 0. The number of fused-ring (bicyclic) bond motifs is 4. The van der Waals surface area contributed by atoms with Gasteiger partial charge in [-0.15, -0.1) is 0 Å². The Hall–Kier alpha value is -9.70. The molecule has 362 valence electrons. The van der Waals surface area contributed by atoms with Crippen LogP contribution in [0.15, 0.2) is 322 Å². The molecule has 0 atom stereocenters. The summed E-state index contributed by atoms with van der Waals surface area (Å²) in [6.07, 6.45) is 0. The SMILES string of the molecule is c1ccc(-c2cc3c4c(c2)N(c2ccc(C(c5ccccc5)(c5ccccc5)c5ccccc5)cc2)c2ccccc2B4c2ccccc2N3c2ccc(C(c3ccccc3)(c3ccccc3)c3ccccc3)cc2)cc1. The lowest BCUT2D eigenvalue weighted by Crippen LogP contribution is -2.61. The lowest BCUT2D eigenvalue weighted by atomic mass is 9.33. The van der Waals surface area contributed by atoms with Crippen LogP contribution >= 0.6 is 0 Å². The van der Waals surface area contributed by atoms with Crippen LogP contribution < -0.4 is 26.2 Å². The van der Waals surface area contributed by atoms with Crippen molar-refractivity contribution in [3.8, 4) is 11.1 Å². The summed E-state index contributed by atoms with van der Waals surface area (Å²) in [5.74, 6) is 0. The molecule has 2 nitrogen and oxygen atoms in total. The second-order valence-electron chi connectivity index (χ2n) is 20.3. The van der Waals surface area contributed by atoms with E-state index in [1.165, 1.54) is 89.2 Å². The quantitative estimate of drug-likeness (QED) is 0.0941. The van der Waals surface area contributed by atoms with Crippen molar-refractivity contribution in [3.63, 3.8) is 0 Å². The summed E-state index contributed by atoms with van der Waals surface area (Å²) in [4.78, 5) is 5.05. The fourth-order valence-electron chi connectivity index (χ4n) is 13.1. The van der Waals surface area contributed by atoms with E-state index in [0.717, 1.165) is 16.9 Å². The number of nitrogens with zero attached hydrogens (tertiary/aromatic N) is 2. The standard InChI is InChI=1S/C74H53BN2/c1-8-26-54(27-9-1)55-52-70-72-71(53-55)77(65-50-46-63(47-51-65)74(59-34-16-5-17-35-59,60-36-18-6-19-37-60)61-38-20-7-21-39-61)69-43-25-23-41-67(69)75(72)66-40-22-24-42-68(66)76(70)64-48-44-62(45-49-64)73(56-28-10-2-11-29-56,57-30-12-3-13-31-57)58-32-14-4-15-33-58/h1-53H. The van der Waals surface area contributed by atoms with E-state index >= 15 is 0 Å². The van der Waals surface area contributed by atoms with Gasteiger partial charge in [-0.3, -0.25) is 0 Å². The normalized spacial score (nSPS) is 12.6. The Morgan fingerprint density at radius 1 is 0.221 bits per heavy atom. The van der Waals surface area contributed by atoms with Gasteiger partial charge in [0.1, 0.15) is 0 Å². The molecule has 0 saturated carbocycles. The van der Waals surface area contributed by atoms with E-state index in [1.54, 1.807) is 0 Å². The highest BCUT2D eigenvalue weighted by Crippen LogP contribution is 2.50. The maximum atomic E-state index is 2.53. The van der Waals surface area contributed by atoms with Crippen molar-refractivity contribution in [3.05, 3.63) is 366 Å². The van der Waals surface area contributed by atoms with Gasteiger partial charge in [0.05, 0.1) is 10.8 Å². The van der Waals surface area contributed by atoms with Gasteiger partial charge in [-0.1, -0.05) is 273 Å². The van der Waals surface area contributed by atoms with E-state index in [4.69, 9.17) is 0 Å². The molecule has 0 saturated heterocycles. The van der Waals surface area contributed by atoms with Gasteiger partial charge in [0.15, 0.2) is 0 Å². The van der Waals surface area contributed by atoms with Crippen molar-refractivity contribution in [1.82, 2.24) is 0 Å². The van der Waals surface area contributed by atoms with Crippen molar-refractivity contribution in [2.75, 3.05) is 9.80 Å². The van der Waals surface area contributed by atoms with E-state index in [0.29, 0.717) is 0 Å². The van der Waals surface area contributed by atoms with Crippen molar-refractivity contribution < 1.29 is 0 Å². The van der Waals surface area contributed by atoms with Crippen LogP contribution in [0.5, 0.6) is 0 Å². The number of benzene rings is 12. The lowest BCUT2D eigenvalue weighted by molar-refractivity contribution is 0.745. The topological polar surface area (TPSA) is 6.48 Å². The minimum absolute atomic E-state index is 0.00736. The van der Waals surface area contributed by atoms with E-state index in [9.17, 15) is 0 Å². The molecule has 12 aromatic carbocycles. The summed E-state index contributed by atoms with van der Waals surface area (Å²) in [6, 6.07) is 119. The van der Waals surface area contributed by atoms with Crippen LogP contribution in [0.3, 0.4) is 0 Å². The average Bonchev–Trinajstić information content (AvgIpc) is 3.59. The lowest BCUT2D eigenvalue weighted by Gasteiger charge is -2.44. The molecule has 2 aliphatic rings. The van der Waals surface area contributed by atoms with Crippen molar-refractivity contribution in [2.45, 2.75) is 10.8 Å². The highest BCUT2D eigenvalue weighted by molar-refractivity contribution is 7.00. The van der Waals surface area contributed by atoms with Gasteiger partial charge >= 0.3 is 0 Å². The van der Waals surface area contributed by atoms with Crippen LogP contribution in [-0.2, 0) is 10.8 Å². The maximum Gasteiger partial charge on any atom is 0.252 e. The first kappa shape index (κ1) is 45.9. The Morgan fingerprint density at radius 2 is 0.481 bits per heavy atom. The highest BCUT2D eigenvalue weighted by Gasteiger charge is 2.45. The summed E-state index contributed by atoms with van der Waals surface area (Å²) in [5.41, 5.74) is 21.7. The van der Waals surface area contributed by atoms with E-state index in [-0.39, 0.29) is 6.71 Å². The molecule has 77 heavy (non-hydrogen) atoms. The molecule has 2 heterocycles. The molecule has 2 aliphatic heterocycles. The second kappa shape index (κ2) is 19.2. The first-order chi connectivity index (χ1) is 38.2. The highest BCUT2D eigenvalue weighted by atomic mass is 15.2. The molecular formula is C74H53BN2. The Balaban J connectivity index is 0.980. The van der Waals surface area contributed by atoms with E-state index < -0.39 is 10.8 Å². The number of hydrogen-bond donors (Lipinski definition) is 0. The predicted molar refractivity (Wildman–Crippen MR) is 323 cm³/mol. The zero-order chi connectivity index (χ0) is 51.2. The smallest absolute Gasteiger partial charge is 0.252 e. The minimum atomic E-state index is -0.567. The molecular weight excluding hydrogens is 928 g/mol. The van der Waals surface area contributed by atoms with Crippen LogP contribution in [0, 0.1) is 0 Å². The molecule has 0 N–H and O–H groups in total. The number of anilines is 6. The molecule has 0 aromatic heterocycles. The third kappa shape index (κ3) is 7.41. The Morgan fingerprint density at radius 3 is 0.792 bits per heavy atom. The Kier molecular flexibility index (Phi) is 11.5. The maximum absolute atomic E-state index is 2.53. The van der Waals surface area contributed by atoms with E-state index in [2.05, 4.69) is 331 Å². The van der Waals surface area contributed by atoms with Crippen LogP contribution in [0.25, 0.3) is 11.1 Å². The molecule has 14 rings (SSSR count). The molecule has 0 radical (unpaired) electrons. The molecule has 3 heteroatoms. The summed E-state index contributed by atoms with van der Waals surface area (Å²) in [7, 11) is 0. The van der Waals surface area contributed by atoms with Crippen LogP contribution in [-0.4, -0.2) is 6.71 Å². The van der Waals surface area contributed by atoms with Gasteiger partial charge < -0.3 is 9.80 Å². The van der Waals surface area contributed by atoms with Crippen molar-refractivity contribution in [1.29, 1.82) is 0 Å². The monoisotopic (exact) mass is 980 g/mol. The molecule has 0 amide bonds. The van der Waals surface area contributed by atoms with Crippen LogP contribution in [0.4, 0.5) is 34.1 Å². The zero-order valence-electron chi connectivity index (χ0n) is 42.6. The van der Waals surface area contributed by atoms with Gasteiger partial charge in [0, 0.05) is 34.1 Å². The molecule has 0 unspecified atom stereocenters. The first-order valence-electron chi connectivity index (χ1n) is 26.8. The minimum Gasteiger partial charge on any atom is -0.311 e. The zero-order valence-corrected chi connectivity index (χ0v) is 42.6.